The van der Waals surface area contributed by atoms with Crippen LogP contribution in [0, 0.1) is 0 Å². The first-order valence-corrected chi connectivity index (χ1v) is 10.1. The zero-order valence-corrected chi connectivity index (χ0v) is 16.8. The molecule has 0 bridgehead atoms. The van der Waals surface area contributed by atoms with E-state index in [2.05, 4.69) is 10.2 Å². The molecule has 3 aromatic rings. The standard InChI is InChI=1S/C21H23N3O3S/c1-16(2)27-20(25)15-28-21-23-22-19(14-26-18-11-7-4-8-12-18)24(21)13-17-9-5-3-6-10-17/h3-12,16H,13-15H2,1-2H3. The summed E-state index contributed by atoms with van der Waals surface area (Å²) in [5, 5.41) is 9.21. The van der Waals surface area contributed by atoms with Crippen LogP contribution in [0.3, 0.4) is 0 Å². The number of hydrogen-bond acceptors (Lipinski definition) is 6. The van der Waals surface area contributed by atoms with E-state index in [1.54, 1.807) is 0 Å². The Hall–Kier alpha value is -2.80. The van der Waals surface area contributed by atoms with Crippen molar-refractivity contribution >= 4 is 17.7 Å². The second-order valence-corrected chi connectivity index (χ2v) is 7.34. The minimum atomic E-state index is -0.267. The van der Waals surface area contributed by atoms with Crippen molar-refractivity contribution in [2.45, 2.75) is 38.3 Å². The fourth-order valence-corrected chi connectivity index (χ4v) is 3.28. The first-order chi connectivity index (χ1) is 13.6. The van der Waals surface area contributed by atoms with Gasteiger partial charge in [-0.15, -0.1) is 10.2 Å². The van der Waals surface area contributed by atoms with E-state index in [0.29, 0.717) is 24.1 Å². The van der Waals surface area contributed by atoms with Gasteiger partial charge in [0, 0.05) is 0 Å². The summed E-state index contributed by atoms with van der Waals surface area (Å²) in [4.78, 5) is 11.9. The largest absolute Gasteiger partial charge is 0.486 e. The predicted molar refractivity (Wildman–Crippen MR) is 108 cm³/mol. The number of hydrogen-bond donors (Lipinski definition) is 0. The Morgan fingerprint density at radius 1 is 1.04 bits per heavy atom. The van der Waals surface area contributed by atoms with E-state index in [1.165, 1.54) is 11.8 Å². The lowest BCUT2D eigenvalue weighted by Gasteiger charge is -2.12. The number of rotatable bonds is 9. The fraction of sp³-hybridized carbons (Fsp3) is 0.286. The van der Waals surface area contributed by atoms with E-state index in [1.807, 2.05) is 79.1 Å². The highest BCUT2D eigenvalue weighted by Gasteiger charge is 2.16. The van der Waals surface area contributed by atoms with Crippen molar-refractivity contribution < 1.29 is 14.3 Å². The van der Waals surface area contributed by atoms with E-state index in [-0.39, 0.29) is 17.8 Å². The molecule has 2 aromatic carbocycles. The van der Waals surface area contributed by atoms with E-state index >= 15 is 0 Å². The molecule has 0 aliphatic carbocycles. The van der Waals surface area contributed by atoms with Crippen molar-refractivity contribution in [2.75, 3.05) is 5.75 Å². The van der Waals surface area contributed by atoms with Crippen LogP contribution in [-0.4, -0.2) is 32.6 Å². The molecule has 0 amide bonds. The molecule has 28 heavy (non-hydrogen) atoms. The van der Waals surface area contributed by atoms with Crippen LogP contribution >= 0.6 is 11.8 Å². The van der Waals surface area contributed by atoms with Gasteiger partial charge in [0.1, 0.15) is 12.4 Å². The van der Waals surface area contributed by atoms with Crippen molar-refractivity contribution in [2.24, 2.45) is 0 Å². The topological polar surface area (TPSA) is 66.2 Å². The number of aromatic nitrogens is 3. The third-order valence-corrected chi connectivity index (χ3v) is 4.71. The number of ether oxygens (including phenoxy) is 2. The highest BCUT2D eigenvalue weighted by Crippen LogP contribution is 2.20. The van der Waals surface area contributed by atoms with Gasteiger partial charge < -0.3 is 9.47 Å². The van der Waals surface area contributed by atoms with Gasteiger partial charge in [0.25, 0.3) is 0 Å². The number of esters is 1. The quantitative estimate of drug-likeness (QED) is 0.402. The minimum Gasteiger partial charge on any atom is -0.486 e. The van der Waals surface area contributed by atoms with E-state index in [0.717, 1.165) is 11.3 Å². The van der Waals surface area contributed by atoms with Crippen LogP contribution in [0.1, 0.15) is 25.2 Å². The zero-order valence-electron chi connectivity index (χ0n) is 15.9. The molecule has 0 aliphatic heterocycles. The molecule has 0 saturated heterocycles. The number of nitrogens with zero attached hydrogens (tertiary/aromatic N) is 3. The molecule has 1 heterocycles. The molecule has 0 N–H and O–H groups in total. The molecule has 146 valence electrons. The van der Waals surface area contributed by atoms with Crippen LogP contribution in [0.4, 0.5) is 0 Å². The molecule has 6 nitrogen and oxygen atoms in total. The molecule has 0 spiro atoms. The van der Waals surface area contributed by atoms with Crippen LogP contribution in [0.25, 0.3) is 0 Å². The first-order valence-electron chi connectivity index (χ1n) is 9.08. The van der Waals surface area contributed by atoms with Gasteiger partial charge in [0.15, 0.2) is 11.0 Å². The van der Waals surface area contributed by atoms with Crippen molar-refractivity contribution in [3.05, 3.63) is 72.1 Å². The molecular formula is C21H23N3O3S. The molecule has 0 unspecified atom stereocenters. The first kappa shape index (κ1) is 19.9. The molecule has 0 aliphatic rings. The molecule has 0 radical (unpaired) electrons. The highest BCUT2D eigenvalue weighted by molar-refractivity contribution is 7.99. The van der Waals surface area contributed by atoms with Crippen LogP contribution in [-0.2, 0) is 22.7 Å². The summed E-state index contributed by atoms with van der Waals surface area (Å²) in [5.74, 6) is 1.39. The summed E-state index contributed by atoms with van der Waals surface area (Å²) in [7, 11) is 0. The molecular weight excluding hydrogens is 374 g/mol. The van der Waals surface area contributed by atoms with Gasteiger partial charge in [-0.3, -0.25) is 9.36 Å². The SMILES string of the molecule is CC(C)OC(=O)CSc1nnc(COc2ccccc2)n1Cc1ccccc1. The number of carbonyl (C=O) groups excluding carboxylic acids is 1. The summed E-state index contributed by atoms with van der Waals surface area (Å²) in [6.07, 6.45) is -0.134. The van der Waals surface area contributed by atoms with Gasteiger partial charge in [-0.1, -0.05) is 60.3 Å². The molecule has 3 rings (SSSR count). The second kappa shape index (κ2) is 9.94. The fourth-order valence-electron chi connectivity index (χ4n) is 2.54. The summed E-state index contributed by atoms with van der Waals surface area (Å²) >= 11 is 1.32. The van der Waals surface area contributed by atoms with Gasteiger partial charge >= 0.3 is 5.97 Å². The molecule has 0 saturated carbocycles. The minimum absolute atomic E-state index is 0.134. The Morgan fingerprint density at radius 3 is 2.39 bits per heavy atom. The maximum Gasteiger partial charge on any atom is 0.316 e. The lowest BCUT2D eigenvalue weighted by molar-refractivity contribution is -0.144. The van der Waals surface area contributed by atoms with Gasteiger partial charge in [0.05, 0.1) is 18.4 Å². The summed E-state index contributed by atoms with van der Waals surface area (Å²) in [6, 6.07) is 19.6. The van der Waals surface area contributed by atoms with Crippen molar-refractivity contribution in [1.29, 1.82) is 0 Å². The van der Waals surface area contributed by atoms with Crippen LogP contribution in [0.15, 0.2) is 65.8 Å². The number of benzene rings is 2. The van der Waals surface area contributed by atoms with Crippen LogP contribution < -0.4 is 4.74 Å². The summed E-state index contributed by atoms with van der Waals surface area (Å²) in [5.41, 5.74) is 1.12. The second-order valence-electron chi connectivity index (χ2n) is 6.40. The zero-order chi connectivity index (χ0) is 19.8. The average Bonchev–Trinajstić information content (AvgIpc) is 3.07. The van der Waals surface area contributed by atoms with Gasteiger partial charge in [-0.2, -0.15) is 0 Å². The molecule has 1 aromatic heterocycles. The van der Waals surface area contributed by atoms with Gasteiger partial charge in [-0.05, 0) is 31.5 Å². The Labute approximate surface area is 168 Å². The van der Waals surface area contributed by atoms with E-state index in [9.17, 15) is 4.79 Å². The maximum atomic E-state index is 11.9. The predicted octanol–water partition coefficient (Wildman–Crippen LogP) is 3.95. The third-order valence-electron chi connectivity index (χ3n) is 3.77. The van der Waals surface area contributed by atoms with E-state index in [4.69, 9.17) is 9.47 Å². The van der Waals surface area contributed by atoms with Crippen molar-refractivity contribution in [1.82, 2.24) is 14.8 Å². The smallest absolute Gasteiger partial charge is 0.316 e. The maximum absolute atomic E-state index is 11.9. The van der Waals surface area contributed by atoms with Gasteiger partial charge in [0.2, 0.25) is 0 Å². The normalized spacial score (nSPS) is 10.8. The van der Waals surface area contributed by atoms with Gasteiger partial charge in [-0.25, -0.2) is 0 Å². The Bertz CT molecular complexity index is 882. The lowest BCUT2D eigenvalue weighted by Crippen LogP contribution is -2.14. The third kappa shape index (κ3) is 5.85. The lowest BCUT2D eigenvalue weighted by atomic mass is 10.2. The molecule has 0 fully saturated rings. The monoisotopic (exact) mass is 397 g/mol. The molecule has 0 atom stereocenters. The Morgan fingerprint density at radius 2 is 1.71 bits per heavy atom. The van der Waals surface area contributed by atoms with Crippen LogP contribution in [0.5, 0.6) is 5.75 Å². The van der Waals surface area contributed by atoms with Crippen molar-refractivity contribution in [3.63, 3.8) is 0 Å². The summed E-state index contributed by atoms with van der Waals surface area (Å²) < 4.78 is 13.0. The highest BCUT2D eigenvalue weighted by atomic mass is 32.2. The van der Waals surface area contributed by atoms with Crippen LogP contribution in [0.2, 0.25) is 0 Å². The average molecular weight is 398 g/mol. The summed E-state index contributed by atoms with van der Waals surface area (Å²) in [6.45, 7) is 4.56. The molecule has 7 heteroatoms. The Kier molecular flexibility index (Phi) is 7.08. The number of carbonyl (C=O) groups is 1. The number of para-hydroxylation sites is 1. The number of thioether (sulfide) groups is 1. The van der Waals surface area contributed by atoms with Crippen molar-refractivity contribution in [3.8, 4) is 5.75 Å². The Balaban J connectivity index is 1.74. The van der Waals surface area contributed by atoms with E-state index < -0.39 is 0 Å².